The highest BCUT2D eigenvalue weighted by Gasteiger charge is 2.50. The molecule has 0 radical (unpaired) electrons. The van der Waals surface area contributed by atoms with Crippen molar-refractivity contribution >= 4 is 23.3 Å². The molecule has 3 aliphatic rings. The topological polar surface area (TPSA) is 126 Å². The van der Waals surface area contributed by atoms with Gasteiger partial charge in [0.15, 0.2) is 11.6 Å². The number of nitrogens with one attached hydrogen (secondary N) is 1. The van der Waals surface area contributed by atoms with E-state index >= 15 is 0 Å². The zero-order valence-corrected chi connectivity index (χ0v) is 24.6. The Hall–Kier alpha value is -2.88. The fourth-order valence-electron chi connectivity index (χ4n) is 5.65. The van der Waals surface area contributed by atoms with Crippen LogP contribution in [-0.4, -0.2) is 84.4 Å². The summed E-state index contributed by atoms with van der Waals surface area (Å²) in [5, 5.41) is 13.1. The number of nitrogens with zero attached hydrogens (tertiary/aromatic N) is 1. The number of rotatable bonds is 15. The van der Waals surface area contributed by atoms with Crippen LogP contribution in [0.2, 0.25) is 0 Å². The maximum atomic E-state index is 13.8. The smallest absolute Gasteiger partial charge is 0.223 e. The Kier molecular flexibility index (Phi) is 10.5. The van der Waals surface area contributed by atoms with E-state index in [0.29, 0.717) is 50.5 Å². The average Bonchev–Trinajstić information content (AvgIpc) is 3.48. The lowest BCUT2D eigenvalue weighted by Gasteiger charge is -2.26. The minimum atomic E-state index is -0.901. The second-order valence-electron chi connectivity index (χ2n) is 12.1. The molecule has 0 spiro atoms. The van der Waals surface area contributed by atoms with Gasteiger partial charge in [0.05, 0.1) is 32.4 Å². The van der Waals surface area contributed by atoms with E-state index in [-0.39, 0.29) is 54.8 Å². The standard InChI is InChI=1S/C32H44N2O7/c1-21-8-9-24(17-28(21)36)16-27(33-31(39)22(2)14-26(35)19-34-10-12-40-13-11-34)29(37)18-25(15-23-6-4-5-7-23)30(38)32(3)20-41-32/h6,8-9,17,22,25,27,36H,4-5,7,10-16,18-20H2,1-3H3,(H,33,39). The van der Waals surface area contributed by atoms with E-state index in [1.54, 1.807) is 32.9 Å². The van der Waals surface area contributed by atoms with Crippen molar-refractivity contribution in [2.75, 3.05) is 39.5 Å². The predicted octanol–water partition coefficient (Wildman–Crippen LogP) is 3.09. The molecular formula is C32H44N2O7. The van der Waals surface area contributed by atoms with E-state index in [1.165, 1.54) is 5.57 Å². The predicted molar refractivity (Wildman–Crippen MR) is 154 cm³/mol. The molecule has 224 valence electrons. The molecule has 9 nitrogen and oxygen atoms in total. The Labute approximate surface area is 242 Å². The second-order valence-corrected chi connectivity index (χ2v) is 12.1. The SMILES string of the molecule is Cc1ccc(CC(NC(=O)C(C)CC(=O)CN2CCOCC2)C(=O)CC(CC2=CCCC2)C(=O)C2(C)CO2)cc1O. The first-order valence-electron chi connectivity index (χ1n) is 14.8. The molecule has 1 aromatic rings. The van der Waals surface area contributed by atoms with Gasteiger partial charge in [0, 0.05) is 37.8 Å². The van der Waals surface area contributed by atoms with Crippen molar-refractivity contribution in [3.05, 3.63) is 41.0 Å². The van der Waals surface area contributed by atoms with E-state index < -0.39 is 23.5 Å². The summed E-state index contributed by atoms with van der Waals surface area (Å²) in [6.07, 6.45) is 5.86. The summed E-state index contributed by atoms with van der Waals surface area (Å²) >= 11 is 0. The Balaban J connectivity index is 1.45. The Bertz CT molecular complexity index is 1170. The average molecular weight is 569 g/mol. The number of carbonyl (C=O) groups excluding carboxylic acids is 4. The third-order valence-corrected chi connectivity index (χ3v) is 8.46. The molecule has 41 heavy (non-hydrogen) atoms. The van der Waals surface area contributed by atoms with Crippen LogP contribution in [0.1, 0.15) is 63.5 Å². The molecule has 4 unspecified atom stereocenters. The van der Waals surface area contributed by atoms with Crippen LogP contribution in [0.5, 0.6) is 5.75 Å². The summed E-state index contributed by atoms with van der Waals surface area (Å²) in [5.74, 6) is -1.77. The monoisotopic (exact) mass is 568 g/mol. The molecule has 1 amide bonds. The number of Topliss-reactive ketones (excluding diaryl/α,β-unsaturated/α-hetero) is 3. The van der Waals surface area contributed by atoms with Crippen LogP contribution >= 0.6 is 0 Å². The number of carbonyl (C=O) groups is 4. The van der Waals surface area contributed by atoms with Crippen molar-refractivity contribution in [3.8, 4) is 5.75 Å². The Morgan fingerprint density at radius 2 is 1.85 bits per heavy atom. The summed E-state index contributed by atoms with van der Waals surface area (Å²) < 4.78 is 10.8. The lowest BCUT2D eigenvalue weighted by Crippen LogP contribution is -2.46. The molecular weight excluding hydrogens is 524 g/mol. The minimum absolute atomic E-state index is 0.0117. The van der Waals surface area contributed by atoms with E-state index in [4.69, 9.17) is 9.47 Å². The molecule has 2 heterocycles. The van der Waals surface area contributed by atoms with Crippen molar-refractivity contribution in [2.24, 2.45) is 11.8 Å². The molecule has 0 aromatic heterocycles. The molecule has 4 rings (SSSR count). The second kappa shape index (κ2) is 13.9. The minimum Gasteiger partial charge on any atom is -0.508 e. The number of amides is 1. The summed E-state index contributed by atoms with van der Waals surface area (Å²) in [6.45, 7) is 8.42. The number of hydrogen-bond donors (Lipinski definition) is 2. The normalized spacial score (nSPS) is 22.9. The number of ketones is 3. The van der Waals surface area contributed by atoms with Gasteiger partial charge >= 0.3 is 0 Å². The number of aryl methyl sites for hydroxylation is 1. The van der Waals surface area contributed by atoms with Gasteiger partial charge in [-0.15, -0.1) is 0 Å². The molecule has 4 atom stereocenters. The number of hydrogen-bond acceptors (Lipinski definition) is 8. The van der Waals surface area contributed by atoms with E-state index in [0.717, 1.165) is 19.3 Å². The zero-order chi connectivity index (χ0) is 29.6. The third-order valence-electron chi connectivity index (χ3n) is 8.46. The first-order chi connectivity index (χ1) is 19.5. The first-order valence-corrected chi connectivity index (χ1v) is 14.8. The van der Waals surface area contributed by atoms with Gasteiger partial charge in [0.2, 0.25) is 5.91 Å². The van der Waals surface area contributed by atoms with Gasteiger partial charge in [0.25, 0.3) is 0 Å². The summed E-state index contributed by atoms with van der Waals surface area (Å²) in [6, 6.07) is 4.29. The molecule has 1 aromatic carbocycles. The van der Waals surface area contributed by atoms with Gasteiger partial charge in [-0.2, -0.15) is 0 Å². The number of epoxide rings is 1. The molecule has 1 aliphatic carbocycles. The Morgan fingerprint density at radius 3 is 2.49 bits per heavy atom. The van der Waals surface area contributed by atoms with Crippen LogP contribution in [0.15, 0.2) is 29.8 Å². The van der Waals surface area contributed by atoms with Gasteiger partial charge in [-0.25, -0.2) is 0 Å². The number of morpholine rings is 1. The van der Waals surface area contributed by atoms with Gasteiger partial charge in [-0.1, -0.05) is 30.7 Å². The van der Waals surface area contributed by atoms with E-state index in [9.17, 15) is 24.3 Å². The molecule has 0 saturated carbocycles. The molecule has 2 saturated heterocycles. The van der Waals surface area contributed by atoms with Gasteiger partial charge < -0.3 is 19.9 Å². The first kappa shape index (κ1) is 31.1. The largest absolute Gasteiger partial charge is 0.508 e. The van der Waals surface area contributed by atoms with Crippen molar-refractivity contribution in [2.45, 2.75) is 77.4 Å². The summed E-state index contributed by atoms with van der Waals surface area (Å²) in [7, 11) is 0. The molecule has 0 bridgehead atoms. The van der Waals surface area contributed by atoms with Crippen molar-refractivity contribution in [1.29, 1.82) is 0 Å². The van der Waals surface area contributed by atoms with Crippen LogP contribution in [-0.2, 0) is 35.1 Å². The fraction of sp³-hybridized carbons (Fsp3) is 0.625. The maximum absolute atomic E-state index is 13.8. The highest BCUT2D eigenvalue weighted by molar-refractivity contribution is 5.97. The zero-order valence-electron chi connectivity index (χ0n) is 24.6. The number of ether oxygens (including phenoxy) is 2. The van der Waals surface area contributed by atoms with Crippen LogP contribution in [0.3, 0.4) is 0 Å². The quantitative estimate of drug-likeness (QED) is 0.244. The number of allylic oxidation sites excluding steroid dienone is 2. The maximum Gasteiger partial charge on any atom is 0.223 e. The number of phenols is 1. The fourth-order valence-corrected chi connectivity index (χ4v) is 5.65. The van der Waals surface area contributed by atoms with Crippen LogP contribution in [0, 0.1) is 18.8 Å². The molecule has 2 aliphatic heterocycles. The molecule has 9 heteroatoms. The third kappa shape index (κ3) is 8.80. The van der Waals surface area contributed by atoms with Gasteiger partial charge in [0.1, 0.15) is 17.1 Å². The number of benzene rings is 1. The van der Waals surface area contributed by atoms with Crippen LogP contribution in [0.4, 0.5) is 0 Å². The van der Waals surface area contributed by atoms with Crippen molar-refractivity contribution in [3.63, 3.8) is 0 Å². The van der Waals surface area contributed by atoms with Crippen LogP contribution in [0.25, 0.3) is 0 Å². The highest BCUT2D eigenvalue weighted by Crippen LogP contribution is 2.35. The Morgan fingerprint density at radius 1 is 1.12 bits per heavy atom. The summed E-state index contributed by atoms with van der Waals surface area (Å²) in [5.41, 5.74) is 1.75. The lowest BCUT2D eigenvalue weighted by molar-refractivity contribution is -0.134. The molecule has 2 N–H and O–H groups in total. The van der Waals surface area contributed by atoms with Crippen LogP contribution < -0.4 is 5.32 Å². The number of aromatic hydroxyl groups is 1. The van der Waals surface area contributed by atoms with Gasteiger partial charge in [-0.05, 0) is 63.1 Å². The number of phenolic OH excluding ortho intramolecular Hbond substituents is 1. The van der Waals surface area contributed by atoms with Gasteiger partial charge in [-0.3, -0.25) is 24.1 Å². The lowest BCUT2D eigenvalue weighted by atomic mass is 9.83. The van der Waals surface area contributed by atoms with Crippen molar-refractivity contribution in [1.82, 2.24) is 10.2 Å². The van der Waals surface area contributed by atoms with E-state index in [2.05, 4.69) is 11.4 Å². The van der Waals surface area contributed by atoms with E-state index in [1.807, 2.05) is 11.0 Å². The van der Waals surface area contributed by atoms with Crippen molar-refractivity contribution < 1.29 is 33.8 Å². The summed E-state index contributed by atoms with van der Waals surface area (Å²) in [4.78, 5) is 55.1. The highest BCUT2D eigenvalue weighted by atomic mass is 16.6. The molecule has 2 fully saturated rings.